The maximum Gasteiger partial charge on any atom is 0.0453 e. The van der Waals surface area contributed by atoms with Crippen LogP contribution in [-0.4, -0.2) is 5.75 Å². The first-order valence-electron chi connectivity index (χ1n) is 3.85. The number of rotatable bonds is 3. The molecule has 0 amide bonds. The Morgan fingerprint density at radius 2 is 2.31 bits per heavy atom. The fourth-order valence-corrected chi connectivity index (χ4v) is 2.25. The standard InChI is InChI=1S/C10H10BrNS/c1-2-3-6-13-10-7-8(11)4-5-9(10)12/h1,4-5,7H,3,6,12H2. The van der Waals surface area contributed by atoms with Crippen molar-refractivity contribution in [3.8, 4) is 12.3 Å². The number of benzene rings is 1. The maximum absolute atomic E-state index is 5.78. The summed E-state index contributed by atoms with van der Waals surface area (Å²) >= 11 is 5.08. The van der Waals surface area contributed by atoms with E-state index in [0.29, 0.717) is 0 Å². The normalized spacial score (nSPS) is 9.54. The fraction of sp³-hybridized carbons (Fsp3) is 0.200. The van der Waals surface area contributed by atoms with Gasteiger partial charge in [-0.3, -0.25) is 0 Å². The highest BCUT2D eigenvalue weighted by molar-refractivity contribution is 9.10. The van der Waals surface area contributed by atoms with Crippen LogP contribution in [0.15, 0.2) is 27.6 Å². The van der Waals surface area contributed by atoms with E-state index in [1.807, 2.05) is 18.2 Å². The molecule has 0 saturated carbocycles. The maximum atomic E-state index is 5.78. The molecule has 0 aromatic heterocycles. The van der Waals surface area contributed by atoms with E-state index in [1.165, 1.54) is 0 Å². The number of terminal acetylenes is 1. The van der Waals surface area contributed by atoms with Crippen LogP contribution in [0.5, 0.6) is 0 Å². The summed E-state index contributed by atoms with van der Waals surface area (Å²) in [6, 6.07) is 5.83. The molecule has 68 valence electrons. The Labute approximate surface area is 91.2 Å². The van der Waals surface area contributed by atoms with Gasteiger partial charge in [-0.15, -0.1) is 24.1 Å². The van der Waals surface area contributed by atoms with E-state index in [2.05, 4.69) is 21.9 Å². The second-order valence-electron chi connectivity index (χ2n) is 2.48. The van der Waals surface area contributed by atoms with Crippen LogP contribution >= 0.6 is 27.7 Å². The van der Waals surface area contributed by atoms with E-state index in [-0.39, 0.29) is 0 Å². The zero-order valence-corrected chi connectivity index (χ0v) is 9.49. The Morgan fingerprint density at radius 1 is 1.54 bits per heavy atom. The number of anilines is 1. The van der Waals surface area contributed by atoms with Crippen LogP contribution in [0, 0.1) is 12.3 Å². The van der Waals surface area contributed by atoms with Crippen molar-refractivity contribution in [2.24, 2.45) is 0 Å². The number of hydrogen-bond donors (Lipinski definition) is 1. The van der Waals surface area contributed by atoms with E-state index in [9.17, 15) is 0 Å². The second-order valence-corrected chi connectivity index (χ2v) is 4.54. The van der Waals surface area contributed by atoms with E-state index >= 15 is 0 Å². The lowest BCUT2D eigenvalue weighted by molar-refractivity contribution is 1.29. The van der Waals surface area contributed by atoms with Crippen molar-refractivity contribution in [1.29, 1.82) is 0 Å². The molecule has 1 nitrogen and oxygen atoms in total. The molecule has 0 aliphatic heterocycles. The average Bonchev–Trinajstić information content (AvgIpc) is 2.11. The van der Waals surface area contributed by atoms with Crippen LogP contribution in [0.25, 0.3) is 0 Å². The Bertz CT molecular complexity index is 330. The van der Waals surface area contributed by atoms with Gasteiger partial charge in [0, 0.05) is 27.2 Å². The van der Waals surface area contributed by atoms with Crippen LogP contribution in [0.1, 0.15) is 6.42 Å². The number of nitrogen functional groups attached to an aromatic ring is 1. The molecule has 0 fully saturated rings. The second kappa shape index (κ2) is 5.21. The lowest BCUT2D eigenvalue weighted by Gasteiger charge is -2.03. The molecule has 3 heteroatoms. The lowest BCUT2D eigenvalue weighted by Crippen LogP contribution is -1.88. The predicted molar refractivity (Wildman–Crippen MR) is 62.7 cm³/mol. The van der Waals surface area contributed by atoms with Crippen LogP contribution in [-0.2, 0) is 0 Å². The van der Waals surface area contributed by atoms with Gasteiger partial charge in [-0.2, -0.15) is 0 Å². The van der Waals surface area contributed by atoms with Crippen LogP contribution in [0.3, 0.4) is 0 Å². The Hall–Kier alpha value is -0.590. The minimum absolute atomic E-state index is 0.774. The third-order valence-electron chi connectivity index (χ3n) is 1.48. The Kier molecular flexibility index (Phi) is 4.20. The Morgan fingerprint density at radius 3 is 3.00 bits per heavy atom. The molecule has 0 radical (unpaired) electrons. The SMILES string of the molecule is C#CCCSc1cc(Br)ccc1N. The third kappa shape index (κ3) is 3.33. The zero-order valence-electron chi connectivity index (χ0n) is 7.09. The van der Waals surface area contributed by atoms with E-state index in [0.717, 1.165) is 27.2 Å². The molecular weight excluding hydrogens is 246 g/mol. The molecular formula is C10H10BrNS. The van der Waals surface area contributed by atoms with Gasteiger partial charge < -0.3 is 5.73 Å². The molecule has 0 bridgehead atoms. The molecule has 0 unspecified atom stereocenters. The van der Waals surface area contributed by atoms with Gasteiger partial charge >= 0.3 is 0 Å². The largest absolute Gasteiger partial charge is 0.398 e. The number of nitrogens with two attached hydrogens (primary N) is 1. The summed E-state index contributed by atoms with van der Waals surface area (Å²) in [5, 5.41) is 0. The molecule has 0 spiro atoms. The summed E-state index contributed by atoms with van der Waals surface area (Å²) in [7, 11) is 0. The number of thioether (sulfide) groups is 1. The lowest BCUT2D eigenvalue weighted by atomic mass is 10.3. The molecule has 0 atom stereocenters. The molecule has 1 aromatic carbocycles. The van der Waals surface area contributed by atoms with Gasteiger partial charge in [0.05, 0.1) is 0 Å². The first kappa shape index (κ1) is 10.5. The molecule has 2 N–H and O–H groups in total. The highest BCUT2D eigenvalue weighted by atomic mass is 79.9. The van der Waals surface area contributed by atoms with Gasteiger partial charge in [0.25, 0.3) is 0 Å². The van der Waals surface area contributed by atoms with E-state index < -0.39 is 0 Å². The fourth-order valence-electron chi connectivity index (χ4n) is 0.853. The summed E-state index contributed by atoms with van der Waals surface area (Å²) < 4.78 is 1.05. The van der Waals surface area contributed by atoms with Crippen molar-refractivity contribution >= 4 is 33.4 Å². The Balaban J connectivity index is 2.65. The van der Waals surface area contributed by atoms with Crippen molar-refractivity contribution in [2.45, 2.75) is 11.3 Å². The minimum atomic E-state index is 0.774. The van der Waals surface area contributed by atoms with Gasteiger partial charge in [0.1, 0.15) is 0 Å². The van der Waals surface area contributed by atoms with Crippen molar-refractivity contribution in [2.75, 3.05) is 11.5 Å². The van der Waals surface area contributed by atoms with Crippen molar-refractivity contribution in [1.82, 2.24) is 0 Å². The zero-order chi connectivity index (χ0) is 9.68. The summed E-state index contributed by atoms with van der Waals surface area (Å²) in [5.74, 6) is 3.51. The van der Waals surface area contributed by atoms with Gasteiger partial charge in [0.15, 0.2) is 0 Å². The topological polar surface area (TPSA) is 26.0 Å². The molecule has 0 heterocycles. The molecule has 0 aliphatic carbocycles. The summed E-state index contributed by atoms with van der Waals surface area (Å²) in [5.41, 5.74) is 6.59. The van der Waals surface area contributed by atoms with Crippen LogP contribution in [0.2, 0.25) is 0 Å². The predicted octanol–water partition coefficient (Wildman–Crippen LogP) is 3.15. The molecule has 0 saturated heterocycles. The van der Waals surface area contributed by atoms with Gasteiger partial charge in [-0.1, -0.05) is 15.9 Å². The highest BCUT2D eigenvalue weighted by Gasteiger charge is 1.99. The monoisotopic (exact) mass is 255 g/mol. The average molecular weight is 256 g/mol. The van der Waals surface area contributed by atoms with Gasteiger partial charge in [-0.05, 0) is 18.2 Å². The smallest absolute Gasteiger partial charge is 0.0453 e. The van der Waals surface area contributed by atoms with Crippen molar-refractivity contribution in [3.05, 3.63) is 22.7 Å². The molecule has 1 rings (SSSR count). The number of halogens is 1. The van der Waals surface area contributed by atoms with Gasteiger partial charge in [0.2, 0.25) is 0 Å². The van der Waals surface area contributed by atoms with E-state index in [4.69, 9.17) is 12.2 Å². The van der Waals surface area contributed by atoms with Gasteiger partial charge in [-0.25, -0.2) is 0 Å². The first-order chi connectivity index (χ1) is 6.24. The quantitative estimate of drug-likeness (QED) is 0.389. The van der Waals surface area contributed by atoms with Crippen molar-refractivity contribution in [3.63, 3.8) is 0 Å². The number of hydrogen-bond acceptors (Lipinski definition) is 2. The first-order valence-corrected chi connectivity index (χ1v) is 5.63. The summed E-state index contributed by atoms with van der Waals surface area (Å²) in [6.07, 6.45) is 5.93. The summed E-state index contributed by atoms with van der Waals surface area (Å²) in [6.45, 7) is 0. The summed E-state index contributed by atoms with van der Waals surface area (Å²) in [4.78, 5) is 1.09. The van der Waals surface area contributed by atoms with Crippen LogP contribution in [0.4, 0.5) is 5.69 Å². The van der Waals surface area contributed by atoms with Crippen molar-refractivity contribution < 1.29 is 0 Å². The molecule has 1 aromatic rings. The third-order valence-corrected chi connectivity index (χ3v) is 3.05. The minimum Gasteiger partial charge on any atom is -0.398 e. The van der Waals surface area contributed by atoms with E-state index in [1.54, 1.807) is 11.8 Å². The van der Waals surface area contributed by atoms with Crippen LogP contribution < -0.4 is 5.73 Å². The molecule has 13 heavy (non-hydrogen) atoms. The highest BCUT2D eigenvalue weighted by Crippen LogP contribution is 2.28. The molecule has 0 aliphatic rings.